The third kappa shape index (κ3) is 2.23. The maximum absolute atomic E-state index is 13.0. The summed E-state index contributed by atoms with van der Waals surface area (Å²) in [6.07, 6.45) is -0.838. The smallest absolute Gasteiger partial charge is 0.257 e. The average molecular weight is 206 g/mol. The molecule has 84 valence electrons. The van der Waals surface area contributed by atoms with Crippen molar-refractivity contribution in [3.63, 3.8) is 0 Å². The van der Waals surface area contributed by atoms with Crippen molar-refractivity contribution in [2.75, 3.05) is 20.1 Å². The first-order chi connectivity index (χ1) is 6.52. The van der Waals surface area contributed by atoms with Gasteiger partial charge in [-0.25, -0.2) is 8.78 Å². The van der Waals surface area contributed by atoms with Crippen LogP contribution in [0.5, 0.6) is 0 Å². The lowest BCUT2D eigenvalue weighted by Crippen LogP contribution is -2.53. The summed E-state index contributed by atoms with van der Waals surface area (Å²) in [5, 5.41) is 3.01. The van der Waals surface area contributed by atoms with Crippen molar-refractivity contribution in [3.8, 4) is 0 Å². The number of rotatable bonds is 4. The molecule has 2 nitrogen and oxygen atoms in total. The Morgan fingerprint density at radius 3 is 2.57 bits per heavy atom. The Kier molecular flexibility index (Phi) is 3.84. The minimum absolute atomic E-state index is 0.244. The number of nitrogens with one attached hydrogen (secondary N) is 1. The second-order valence-corrected chi connectivity index (χ2v) is 4.35. The van der Waals surface area contributed by atoms with Gasteiger partial charge in [-0.15, -0.1) is 0 Å². The highest BCUT2D eigenvalue weighted by atomic mass is 19.3. The van der Waals surface area contributed by atoms with E-state index < -0.39 is 12.0 Å². The lowest BCUT2D eigenvalue weighted by molar-refractivity contribution is 0.0359. The number of likely N-dealkylation sites (N-methyl/N-ethyl adjacent to an activating group) is 1. The SMILES string of the molecule is CCCNC1(C(F)F)CC(C)N(C)C1. The first kappa shape index (κ1) is 11.9. The molecular weight excluding hydrogens is 186 g/mol. The zero-order valence-corrected chi connectivity index (χ0v) is 9.19. The molecule has 14 heavy (non-hydrogen) atoms. The second-order valence-electron chi connectivity index (χ2n) is 4.35. The highest BCUT2D eigenvalue weighted by molar-refractivity contribution is 5.01. The Labute approximate surface area is 84.7 Å². The van der Waals surface area contributed by atoms with Crippen LogP contribution in [0.25, 0.3) is 0 Å². The van der Waals surface area contributed by atoms with E-state index in [1.807, 2.05) is 25.8 Å². The van der Waals surface area contributed by atoms with Gasteiger partial charge in [-0.05, 0) is 33.4 Å². The monoisotopic (exact) mass is 206 g/mol. The van der Waals surface area contributed by atoms with Crippen LogP contribution in [0.3, 0.4) is 0 Å². The quantitative estimate of drug-likeness (QED) is 0.753. The van der Waals surface area contributed by atoms with Crippen molar-refractivity contribution in [3.05, 3.63) is 0 Å². The van der Waals surface area contributed by atoms with E-state index >= 15 is 0 Å². The molecule has 1 aliphatic rings. The standard InChI is InChI=1S/C10H20F2N2/c1-4-5-13-10(9(11)12)6-8(2)14(3)7-10/h8-9,13H,4-7H2,1-3H3. The van der Waals surface area contributed by atoms with Crippen LogP contribution in [0.1, 0.15) is 26.7 Å². The molecule has 0 aromatic rings. The largest absolute Gasteiger partial charge is 0.305 e. The topological polar surface area (TPSA) is 15.3 Å². The molecule has 0 bridgehead atoms. The zero-order chi connectivity index (χ0) is 10.8. The molecule has 1 N–H and O–H groups in total. The third-order valence-electron chi connectivity index (χ3n) is 3.09. The molecule has 0 amide bonds. The molecule has 1 fully saturated rings. The fourth-order valence-electron chi connectivity index (χ4n) is 2.09. The number of hydrogen-bond acceptors (Lipinski definition) is 2. The van der Waals surface area contributed by atoms with Crippen LogP contribution < -0.4 is 5.32 Å². The Balaban J connectivity index is 2.64. The first-order valence-electron chi connectivity index (χ1n) is 5.25. The Morgan fingerprint density at radius 2 is 2.21 bits per heavy atom. The number of hydrogen-bond donors (Lipinski definition) is 1. The van der Waals surface area contributed by atoms with Gasteiger partial charge < -0.3 is 10.2 Å². The van der Waals surface area contributed by atoms with Crippen LogP contribution in [0.2, 0.25) is 0 Å². The summed E-state index contributed by atoms with van der Waals surface area (Å²) in [6, 6.07) is 0.244. The van der Waals surface area contributed by atoms with E-state index in [-0.39, 0.29) is 6.04 Å². The molecule has 0 aromatic carbocycles. The first-order valence-corrected chi connectivity index (χ1v) is 5.25. The van der Waals surface area contributed by atoms with Crippen LogP contribution in [0.15, 0.2) is 0 Å². The van der Waals surface area contributed by atoms with Gasteiger partial charge in [0, 0.05) is 12.6 Å². The van der Waals surface area contributed by atoms with Gasteiger partial charge >= 0.3 is 0 Å². The third-order valence-corrected chi connectivity index (χ3v) is 3.09. The number of halogens is 2. The highest BCUT2D eigenvalue weighted by Crippen LogP contribution is 2.31. The molecule has 2 unspecified atom stereocenters. The van der Waals surface area contributed by atoms with Gasteiger partial charge in [-0.2, -0.15) is 0 Å². The average Bonchev–Trinajstić information content (AvgIpc) is 2.41. The molecule has 0 aliphatic carbocycles. The maximum Gasteiger partial charge on any atom is 0.257 e. The second kappa shape index (κ2) is 4.53. The summed E-state index contributed by atoms with van der Waals surface area (Å²) >= 11 is 0. The number of alkyl halides is 2. The van der Waals surface area contributed by atoms with Gasteiger partial charge in [0.15, 0.2) is 0 Å². The Hall–Kier alpha value is -0.220. The van der Waals surface area contributed by atoms with Crippen LogP contribution >= 0.6 is 0 Å². The zero-order valence-electron chi connectivity index (χ0n) is 9.19. The molecule has 1 heterocycles. The van der Waals surface area contributed by atoms with Crippen molar-refractivity contribution >= 4 is 0 Å². The maximum atomic E-state index is 13.0. The summed E-state index contributed by atoms with van der Waals surface area (Å²) in [7, 11) is 1.91. The molecular formula is C10H20F2N2. The van der Waals surface area contributed by atoms with E-state index in [0.717, 1.165) is 6.42 Å². The van der Waals surface area contributed by atoms with Crippen molar-refractivity contribution in [1.29, 1.82) is 0 Å². The summed E-state index contributed by atoms with van der Waals surface area (Å²) < 4.78 is 26.0. The summed E-state index contributed by atoms with van der Waals surface area (Å²) in [5.74, 6) is 0. The summed E-state index contributed by atoms with van der Waals surface area (Å²) in [5.41, 5.74) is -0.968. The lowest BCUT2D eigenvalue weighted by atomic mass is 9.96. The molecule has 0 aromatic heterocycles. The van der Waals surface area contributed by atoms with Gasteiger partial charge in [0.05, 0.1) is 5.54 Å². The summed E-state index contributed by atoms with van der Waals surface area (Å²) in [4.78, 5) is 1.99. The van der Waals surface area contributed by atoms with Crippen LogP contribution in [-0.2, 0) is 0 Å². The molecule has 1 aliphatic heterocycles. The van der Waals surface area contributed by atoms with Crippen molar-refractivity contribution in [1.82, 2.24) is 10.2 Å². The number of nitrogens with zero attached hydrogens (tertiary/aromatic N) is 1. The normalized spacial score (nSPS) is 34.3. The predicted octanol–water partition coefficient (Wildman–Crippen LogP) is 1.71. The molecule has 0 spiro atoms. The molecule has 0 saturated carbocycles. The van der Waals surface area contributed by atoms with E-state index in [0.29, 0.717) is 19.5 Å². The van der Waals surface area contributed by atoms with E-state index in [1.54, 1.807) is 0 Å². The molecule has 1 saturated heterocycles. The van der Waals surface area contributed by atoms with Crippen LogP contribution in [0.4, 0.5) is 8.78 Å². The fraction of sp³-hybridized carbons (Fsp3) is 1.00. The van der Waals surface area contributed by atoms with Gasteiger partial charge in [0.1, 0.15) is 0 Å². The van der Waals surface area contributed by atoms with E-state index in [2.05, 4.69) is 5.32 Å². The minimum atomic E-state index is -2.28. The van der Waals surface area contributed by atoms with Gasteiger partial charge in [-0.1, -0.05) is 6.92 Å². The van der Waals surface area contributed by atoms with Crippen molar-refractivity contribution in [2.24, 2.45) is 0 Å². The number of likely N-dealkylation sites (tertiary alicyclic amines) is 1. The van der Waals surface area contributed by atoms with Crippen molar-refractivity contribution < 1.29 is 8.78 Å². The van der Waals surface area contributed by atoms with E-state index in [9.17, 15) is 8.78 Å². The van der Waals surface area contributed by atoms with Crippen molar-refractivity contribution in [2.45, 2.75) is 44.7 Å². The minimum Gasteiger partial charge on any atom is -0.305 e. The van der Waals surface area contributed by atoms with E-state index in [4.69, 9.17) is 0 Å². The van der Waals surface area contributed by atoms with E-state index in [1.165, 1.54) is 0 Å². The van der Waals surface area contributed by atoms with Gasteiger partial charge in [0.25, 0.3) is 6.43 Å². The molecule has 0 radical (unpaired) electrons. The molecule has 2 atom stereocenters. The van der Waals surface area contributed by atoms with Gasteiger partial charge in [-0.3, -0.25) is 0 Å². The summed E-state index contributed by atoms with van der Waals surface area (Å²) in [6.45, 7) is 5.11. The Bertz CT molecular complexity index is 175. The fourth-order valence-corrected chi connectivity index (χ4v) is 2.09. The van der Waals surface area contributed by atoms with Gasteiger partial charge in [0.2, 0.25) is 0 Å². The lowest BCUT2D eigenvalue weighted by Gasteiger charge is -2.29. The highest BCUT2D eigenvalue weighted by Gasteiger charge is 2.47. The molecule has 4 heteroatoms. The van der Waals surface area contributed by atoms with Crippen LogP contribution in [-0.4, -0.2) is 43.0 Å². The van der Waals surface area contributed by atoms with Crippen LogP contribution in [0, 0.1) is 0 Å². The molecule has 1 rings (SSSR count). The predicted molar refractivity (Wildman–Crippen MR) is 53.7 cm³/mol. The Morgan fingerprint density at radius 1 is 1.57 bits per heavy atom.